The Balaban J connectivity index is 1.19. The van der Waals surface area contributed by atoms with Crippen molar-refractivity contribution >= 4 is 29.1 Å². The van der Waals surface area contributed by atoms with E-state index in [-0.39, 0.29) is 5.69 Å². The van der Waals surface area contributed by atoms with E-state index in [1.54, 1.807) is 42.9 Å². The first-order valence-corrected chi connectivity index (χ1v) is 11.1. The SMILES string of the molecule is N#Cc1ccc(N2CCN(c3ccc(N4C[C@H](CNc5cnccn5)OC4=O)cc3F)CC2)nn1. The number of ether oxygens (including phenoxy) is 1. The minimum absolute atomic E-state index is 0.268. The number of cyclic esters (lactones) is 1. The van der Waals surface area contributed by atoms with Crippen LogP contribution in [0.4, 0.5) is 32.2 Å². The van der Waals surface area contributed by atoms with Gasteiger partial charge in [-0.15, -0.1) is 10.2 Å². The molecule has 12 heteroatoms. The number of piperazine rings is 1. The summed E-state index contributed by atoms with van der Waals surface area (Å²) >= 11 is 0. The highest BCUT2D eigenvalue weighted by Gasteiger charge is 2.33. The molecule has 2 fully saturated rings. The largest absolute Gasteiger partial charge is 0.442 e. The molecule has 0 bridgehead atoms. The number of carbonyl (C=O) groups is 1. The summed E-state index contributed by atoms with van der Waals surface area (Å²) in [6, 6.07) is 10.1. The highest BCUT2D eigenvalue weighted by Crippen LogP contribution is 2.29. The van der Waals surface area contributed by atoms with E-state index >= 15 is 4.39 Å². The predicted molar refractivity (Wildman–Crippen MR) is 126 cm³/mol. The van der Waals surface area contributed by atoms with Gasteiger partial charge in [0.2, 0.25) is 0 Å². The number of hydrogen-bond donors (Lipinski definition) is 1. The Bertz CT molecular complexity index is 1230. The van der Waals surface area contributed by atoms with Gasteiger partial charge in [-0.2, -0.15) is 5.26 Å². The van der Waals surface area contributed by atoms with Crippen LogP contribution in [0.1, 0.15) is 5.69 Å². The van der Waals surface area contributed by atoms with Crippen molar-refractivity contribution in [3.05, 3.63) is 60.4 Å². The van der Waals surface area contributed by atoms with Gasteiger partial charge in [0, 0.05) is 38.6 Å². The molecule has 1 atom stereocenters. The van der Waals surface area contributed by atoms with Gasteiger partial charge in [0.15, 0.2) is 11.5 Å². The number of nitriles is 1. The third kappa shape index (κ3) is 4.89. The summed E-state index contributed by atoms with van der Waals surface area (Å²) in [7, 11) is 0. The average molecular weight is 475 g/mol. The van der Waals surface area contributed by atoms with Gasteiger partial charge in [0.1, 0.15) is 23.8 Å². The van der Waals surface area contributed by atoms with Crippen LogP contribution in [-0.2, 0) is 4.74 Å². The van der Waals surface area contributed by atoms with Crippen molar-refractivity contribution in [2.75, 3.05) is 59.3 Å². The Hall–Kier alpha value is -4.53. The molecule has 2 aromatic heterocycles. The Labute approximate surface area is 200 Å². The molecule has 5 rings (SSSR count). The molecule has 0 unspecified atom stereocenters. The molecule has 4 heterocycles. The zero-order valence-electron chi connectivity index (χ0n) is 18.7. The maximum atomic E-state index is 15.1. The minimum atomic E-state index is -0.514. The maximum absolute atomic E-state index is 15.1. The van der Waals surface area contributed by atoms with Gasteiger partial charge in [-0.05, 0) is 30.3 Å². The molecule has 1 aromatic carbocycles. The molecule has 1 amide bonds. The van der Waals surface area contributed by atoms with Crippen LogP contribution in [-0.4, -0.2) is 71.6 Å². The highest BCUT2D eigenvalue weighted by molar-refractivity contribution is 5.90. The van der Waals surface area contributed by atoms with Gasteiger partial charge in [-0.3, -0.25) is 9.88 Å². The van der Waals surface area contributed by atoms with Crippen molar-refractivity contribution < 1.29 is 13.9 Å². The van der Waals surface area contributed by atoms with Crippen LogP contribution in [0.3, 0.4) is 0 Å². The highest BCUT2D eigenvalue weighted by atomic mass is 19.1. The lowest BCUT2D eigenvalue weighted by molar-refractivity contribution is 0.147. The number of benzene rings is 1. The van der Waals surface area contributed by atoms with Crippen LogP contribution in [0.15, 0.2) is 48.9 Å². The maximum Gasteiger partial charge on any atom is 0.414 e. The molecule has 2 aliphatic heterocycles. The summed E-state index contributed by atoms with van der Waals surface area (Å²) in [5.41, 5.74) is 1.20. The third-order valence-corrected chi connectivity index (χ3v) is 5.90. The summed E-state index contributed by atoms with van der Waals surface area (Å²) in [6.07, 6.45) is 3.82. The molecule has 0 spiro atoms. The summed E-state index contributed by atoms with van der Waals surface area (Å²) in [4.78, 5) is 25.9. The molecule has 11 nitrogen and oxygen atoms in total. The zero-order chi connectivity index (χ0) is 24.2. The Kier molecular flexibility index (Phi) is 6.21. The van der Waals surface area contributed by atoms with Crippen molar-refractivity contribution in [2.24, 2.45) is 0 Å². The molecule has 35 heavy (non-hydrogen) atoms. The topological polar surface area (TPSA) is 123 Å². The second-order valence-electron chi connectivity index (χ2n) is 8.09. The number of amides is 1. The molecular weight excluding hydrogens is 453 g/mol. The fourth-order valence-corrected chi connectivity index (χ4v) is 4.10. The Morgan fingerprint density at radius 1 is 1.11 bits per heavy atom. The standard InChI is InChI=1S/C23H22FN9O2/c24-19-11-17(33-15-18(35-23(33)34)13-28-21-14-26-5-6-27-21)2-3-20(19)31-7-9-32(10-8-31)22-4-1-16(12-25)29-30-22/h1-6,11,14,18H,7-10,13,15H2,(H,27,28)/t18-/m0/s1. The van der Waals surface area contributed by atoms with Crippen molar-refractivity contribution in [1.82, 2.24) is 20.2 Å². The van der Waals surface area contributed by atoms with E-state index in [1.807, 2.05) is 15.9 Å². The number of nitrogens with zero attached hydrogens (tertiary/aromatic N) is 8. The molecule has 0 radical (unpaired) electrons. The van der Waals surface area contributed by atoms with Crippen LogP contribution in [0.25, 0.3) is 0 Å². The normalized spacial score (nSPS) is 17.8. The monoisotopic (exact) mass is 475 g/mol. The zero-order valence-corrected chi connectivity index (χ0v) is 18.7. The van der Waals surface area contributed by atoms with Crippen LogP contribution >= 0.6 is 0 Å². The number of aromatic nitrogens is 4. The fourth-order valence-electron chi connectivity index (χ4n) is 4.10. The lowest BCUT2D eigenvalue weighted by Gasteiger charge is -2.36. The minimum Gasteiger partial charge on any atom is -0.442 e. The quantitative estimate of drug-likeness (QED) is 0.566. The van der Waals surface area contributed by atoms with E-state index in [0.717, 1.165) is 0 Å². The lowest BCUT2D eigenvalue weighted by Crippen LogP contribution is -2.47. The summed E-state index contributed by atoms with van der Waals surface area (Å²) in [6.45, 7) is 3.14. The number of halogens is 1. The molecule has 0 aliphatic carbocycles. The van der Waals surface area contributed by atoms with Gasteiger partial charge in [0.05, 0.1) is 30.7 Å². The number of carbonyl (C=O) groups excluding carboxylic acids is 1. The van der Waals surface area contributed by atoms with E-state index in [2.05, 4.69) is 25.5 Å². The van der Waals surface area contributed by atoms with E-state index in [0.29, 0.717) is 62.3 Å². The first-order chi connectivity index (χ1) is 17.1. The van der Waals surface area contributed by atoms with Crippen LogP contribution in [0, 0.1) is 17.1 Å². The molecule has 3 aromatic rings. The number of rotatable bonds is 6. The van der Waals surface area contributed by atoms with Crippen molar-refractivity contribution in [2.45, 2.75) is 6.10 Å². The predicted octanol–water partition coefficient (Wildman–Crippen LogP) is 2.04. The van der Waals surface area contributed by atoms with Gasteiger partial charge in [-0.1, -0.05) is 0 Å². The van der Waals surface area contributed by atoms with Crippen LogP contribution in [0.2, 0.25) is 0 Å². The fraction of sp³-hybridized carbons (Fsp3) is 0.304. The van der Waals surface area contributed by atoms with E-state index < -0.39 is 18.0 Å². The first-order valence-electron chi connectivity index (χ1n) is 11.1. The molecular formula is C23H22FN9O2. The summed E-state index contributed by atoms with van der Waals surface area (Å²) in [5, 5.41) is 19.9. The van der Waals surface area contributed by atoms with E-state index in [4.69, 9.17) is 10.00 Å². The van der Waals surface area contributed by atoms with Crippen LogP contribution < -0.4 is 20.0 Å². The number of nitrogens with one attached hydrogen (secondary N) is 1. The average Bonchev–Trinajstić information content (AvgIpc) is 3.28. The van der Waals surface area contributed by atoms with Gasteiger partial charge < -0.3 is 19.9 Å². The third-order valence-electron chi connectivity index (χ3n) is 5.90. The second-order valence-corrected chi connectivity index (χ2v) is 8.09. The molecule has 2 aliphatic rings. The van der Waals surface area contributed by atoms with E-state index in [9.17, 15) is 4.79 Å². The lowest BCUT2D eigenvalue weighted by atomic mass is 10.2. The van der Waals surface area contributed by atoms with Crippen LogP contribution in [0.5, 0.6) is 0 Å². The summed E-state index contributed by atoms with van der Waals surface area (Å²) < 4.78 is 20.5. The van der Waals surface area contributed by atoms with Gasteiger partial charge in [0.25, 0.3) is 0 Å². The summed E-state index contributed by atoms with van der Waals surface area (Å²) in [5.74, 6) is 0.877. The second kappa shape index (κ2) is 9.76. The molecule has 0 saturated carbocycles. The van der Waals surface area contributed by atoms with Gasteiger partial charge >= 0.3 is 6.09 Å². The number of anilines is 4. The van der Waals surface area contributed by atoms with Crippen molar-refractivity contribution in [3.63, 3.8) is 0 Å². The first kappa shape index (κ1) is 22.3. The smallest absolute Gasteiger partial charge is 0.414 e. The molecule has 178 valence electrons. The van der Waals surface area contributed by atoms with Crippen molar-refractivity contribution in [1.29, 1.82) is 5.26 Å². The van der Waals surface area contributed by atoms with Crippen molar-refractivity contribution in [3.8, 4) is 6.07 Å². The Morgan fingerprint density at radius 3 is 2.63 bits per heavy atom. The van der Waals surface area contributed by atoms with Gasteiger partial charge in [-0.25, -0.2) is 14.2 Å². The van der Waals surface area contributed by atoms with E-state index in [1.165, 1.54) is 11.0 Å². The number of hydrogen-bond acceptors (Lipinski definition) is 10. The molecule has 1 N–H and O–H groups in total. The molecule has 2 saturated heterocycles. The Morgan fingerprint density at radius 2 is 1.94 bits per heavy atom.